The van der Waals surface area contributed by atoms with Crippen LogP contribution in [0.4, 0.5) is 13.2 Å². The van der Waals surface area contributed by atoms with Crippen LogP contribution in [0.1, 0.15) is 243 Å². The summed E-state index contributed by atoms with van der Waals surface area (Å²) in [5.74, 6) is -0.883. The molecule has 1 aliphatic carbocycles. The standard InChI is InChI=1S/C12H16.C12H18.C12H16.C11H16.C11H14.C10H13Cl.C10H14.C9H11Cl.C8H8ClF.C8H8F2/c1-8-4-5-9(2)12(10(8)3)11-6-7-11;2*1-5-11-9(3)7-8-10(4)12(11)6-2;2*1-5-11-9(3)7-6-8(2)10(11)4;1-4-9-7(2)5-6-8(3)10(9)11;1-7-5-6-8(2)10(4)9(7)3;1-6-4-5-7(2)9(10)8(6)3;2*1-5-3-4-6(2)8(10)7(5)9/h4-5,11H,6-7H2,1-3H3;7-8H,5-6H2,1-4H3;5,7-8H,1,6H2,2-4H3;6-7H,5H2,1-4H3;5-7H,1H2,2-4H3;5-6H,4H2,1-3H3;5-6H,1-4H3;4-5H,1-3H3;2*3-4H,1-2H3. The van der Waals surface area contributed by atoms with Gasteiger partial charge in [0.2, 0.25) is 0 Å². The Morgan fingerprint density at radius 3 is 0.826 bits per heavy atom. The number of rotatable bonds is 8. The zero-order valence-corrected chi connectivity index (χ0v) is 75.2. The van der Waals surface area contributed by atoms with E-state index in [0.29, 0.717) is 16.7 Å². The minimum Gasteiger partial charge on any atom is -0.205 e. The van der Waals surface area contributed by atoms with E-state index >= 15 is 0 Å². The van der Waals surface area contributed by atoms with Crippen molar-refractivity contribution in [3.05, 3.63) is 356 Å². The lowest BCUT2D eigenvalue weighted by molar-refractivity contribution is 0.497. The Morgan fingerprint density at radius 1 is 0.248 bits per heavy atom. The largest absolute Gasteiger partial charge is 0.205 e. The molecule has 109 heavy (non-hydrogen) atoms. The monoisotopic (exact) mass is 1530 g/mol. The lowest BCUT2D eigenvalue weighted by Crippen LogP contribution is -1.97. The van der Waals surface area contributed by atoms with Crippen LogP contribution < -0.4 is 0 Å². The highest BCUT2D eigenvalue weighted by Gasteiger charge is 2.27. The van der Waals surface area contributed by atoms with Crippen molar-refractivity contribution in [3.63, 3.8) is 0 Å². The summed E-state index contributed by atoms with van der Waals surface area (Å²) < 4.78 is 38.1. The molecular weight excluding hydrogens is 1400 g/mol. The van der Waals surface area contributed by atoms with Gasteiger partial charge < -0.3 is 0 Å². The topological polar surface area (TPSA) is 0 Å². The smallest absolute Gasteiger partial charge is 0.161 e. The van der Waals surface area contributed by atoms with Crippen molar-refractivity contribution >= 4 is 47.0 Å². The van der Waals surface area contributed by atoms with Gasteiger partial charge in [0.15, 0.2) is 11.6 Å². The Bertz CT molecular complexity index is 4230. The van der Waals surface area contributed by atoms with Gasteiger partial charge in [-0.1, -0.05) is 216 Å². The molecular formula is C103H134Cl3F3. The lowest BCUT2D eigenvalue weighted by atomic mass is 9.94. The maximum atomic E-state index is 12.9. The van der Waals surface area contributed by atoms with E-state index in [9.17, 15) is 13.2 Å². The van der Waals surface area contributed by atoms with Crippen LogP contribution in [-0.4, -0.2) is 0 Å². The van der Waals surface area contributed by atoms with E-state index in [0.717, 1.165) is 59.2 Å². The molecule has 0 heterocycles. The first-order valence-corrected chi connectivity index (χ1v) is 40.2. The van der Waals surface area contributed by atoms with Crippen LogP contribution in [0.2, 0.25) is 15.1 Å². The Morgan fingerprint density at radius 2 is 0.505 bits per heavy atom. The SMILES string of the molecule is C=Cc1c(C)ccc(C)c1C.C=Cc1c(C)ccc(C)c1CC.CCc1c(C)ccc(C)c1C.CCc1c(C)ccc(C)c1CC.CCc1c(C)ccc(C)c1Cl.Cc1ccc(C)c(C)c1C.Cc1ccc(C)c(C2CC2)c1C.Cc1ccc(C)c(Cl)c1C.Cc1ccc(C)c(Cl)c1F.Cc1ccc(C)c(F)c1F. The van der Waals surface area contributed by atoms with Crippen LogP contribution in [0.5, 0.6) is 0 Å². The molecule has 0 bridgehead atoms. The van der Waals surface area contributed by atoms with Gasteiger partial charge in [-0.2, -0.15) is 0 Å². The first-order valence-electron chi connectivity index (χ1n) is 39.0. The van der Waals surface area contributed by atoms with Gasteiger partial charge in [0.25, 0.3) is 0 Å². The highest BCUT2D eigenvalue weighted by atomic mass is 35.5. The van der Waals surface area contributed by atoms with E-state index in [-0.39, 0.29) is 10.8 Å². The lowest BCUT2D eigenvalue weighted by Gasteiger charge is -2.12. The first kappa shape index (κ1) is 97.4. The fraction of sp³-hybridized carbons (Fsp3) is 0.379. The predicted octanol–water partition coefficient (Wildman–Crippen LogP) is 32.2. The summed E-state index contributed by atoms with van der Waals surface area (Å²) >= 11 is 17.7. The molecule has 10 aromatic rings. The molecule has 0 spiro atoms. The van der Waals surface area contributed by atoms with E-state index in [4.69, 9.17) is 34.8 Å². The van der Waals surface area contributed by atoms with Gasteiger partial charge in [-0.3, -0.25) is 0 Å². The average Bonchev–Trinajstić information content (AvgIpc) is 1.66. The van der Waals surface area contributed by atoms with E-state index in [1.54, 1.807) is 54.8 Å². The summed E-state index contributed by atoms with van der Waals surface area (Å²) in [6.45, 7) is 72.5. The number of halogens is 6. The summed E-state index contributed by atoms with van der Waals surface area (Å²) in [4.78, 5) is 0. The van der Waals surface area contributed by atoms with Crippen LogP contribution in [0, 0.1) is 197 Å². The molecule has 0 aliphatic heterocycles. The van der Waals surface area contributed by atoms with E-state index in [2.05, 4.69) is 270 Å². The second kappa shape index (κ2) is 47.5. The molecule has 10 aromatic carbocycles. The van der Waals surface area contributed by atoms with Gasteiger partial charge in [-0.25, -0.2) is 13.2 Å². The molecule has 0 atom stereocenters. The van der Waals surface area contributed by atoms with Gasteiger partial charge in [-0.05, 0) is 420 Å². The van der Waals surface area contributed by atoms with E-state index < -0.39 is 11.6 Å². The summed E-state index contributed by atoms with van der Waals surface area (Å²) in [7, 11) is 0. The molecule has 11 rings (SSSR count). The Hall–Kier alpha value is -7.66. The van der Waals surface area contributed by atoms with Crippen molar-refractivity contribution in [1.29, 1.82) is 0 Å². The molecule has 0 aromatic heterocycles. The van der Waals surface area contributed by atoms with Crippen molar-refractivity contribution in [2.75, 3.05) is 0 Å². The molecule has 6 heteroatoms. The quantitative estimate of drug-likeness (QED) is 0.142. The zero-order chi connectivity index (χ0) is 83.2. The summed E-state index contributed by atoms with van der Waals surface area (Å²) in [6, 6.07) is 41.3. The second-order valence-electron chi connectivity index (χ2n) is 29.7. The molecule has 1 fully saturated rings. The molecule has 1 aliphatic rings. The van der Waals surface area contributed by atoms with Crippen LogP contribution in [0.15, 0.2) is 134 Å². The molecule has 0 saturated heterocycles. The summed E-state index contributed by atoms with van der Waals surface area (Å²) in [5.41, 5.74) is 43.7. The normalized spacial score (nSPS) is 10.8. The second-order valence-corrected chi connectivity index (χ2v) is 30.8. The third kappa shape index (κ3) is 28.9. The maximum Gasteiger partial charge on any atom is 0.161 e. The Labute approximate surface area is 677 Å². The third-order valence-electron chi connectivity index (χ3n) is 21.8. The van der Waals surface area contributed by atoms with Crippen LogP contribution >= 0.6 is 34.8 Å². The molecule has 1 saturated carbocycles. The first-order chi connectivity index (χ1) is 51.1. The van der Waals surface area contributed by atoms with Crippen molar-refractivity contribution < 1.29 is 13.2 Å². The molecule has 0 unspecified atom stereocenters. The van der Waals surface area contributed by atoms with Crippen molar-refractivity contribution in [2.45, 2.75) is 265 Å². The minimum atomic E-state index is -0.736. The number of aryl methyl sites for hydroxylation is 20. The van der Waals surface area contributed by atoms with Gasteiger partial charge >= 0.3 is 0 Å². The third-order valence-corrected chi connectivity index (χ3v) is 23.3. The highest BCUT2D eigenvalue weighted by molar-refractivity contribution is 6.32. The minimum absolute atomic E-state index is 0.236. The van der Waals surface area contributed by atoms with Gasteiger partial charge in [0, 0.05) is 10.0 Å². The molecule has 0 N–H and O–H groups in total. The summed E-state index contributed by atoms with van der Waals surface area (Å²) in [5, 5.41) is 2.08. The summed E-state index contributed by atoms with van der Waals surface area (Å²) in [6.07, 6.45) is 12.3. The Balaban J connectivity index is 0.000000411. The fourth-order valence-corrected chi connectivity index (χ4v) is 13.9. The average molecular weight is 1540 g/mol. The van der Waals surface area contributed by atoms with Crippen LogP contribution in [-0.2, 0) is 32.1 Å². The van der Waals surface area contributed by atoms with E-state index in [1.165, 1.54) is 171 Å². The number of hydrogen-bond donors (Lipinski definition) is 0. The van der Waals surface area contributed by atoms with Gasteiger partial charge in [-0.15, -0.1) is 0 Å². The van der Waals surface area contributed by atoms with Crippen molar-refractivity contribution in [2.24, 2.45) is 0 Å². The Kier molecular flexibility index (Phi) is 42.5. The zero-order valence-electron chi connectivity index (χ0n) is 72.9. The maximum absolute atomic E-state index is 12.9. The van der Waals surface area contributed by atoms with Crippen LogP contribution in [0.3, 0.4) is 0 Å². The predicted molar refractivity (Wildman–Crippen MR) is 482 cm³/mol. The van der Waals surface area contributed by atoms with Gasteiger partial charge in [0.1, 0.15) is 5.82 Å². The number of hydrogen-bond acceptors (Lipinski definition) is 0. The number of benzene rings is 10. The fourth-order valence-electron chi connectivity index (χ4n) is 13.1. The van der Waals surface area contributed by atoms with Gasteiger partial charge in [0.05, 0.1) is 5.02 Å². The molecule has 588 valence electrons. The molecule has 0 nitrogen and oxygen atoms in total. The van der Waals surface area contributed by atoms with Crippen molar-refractivity contribution in [1.82, 2.24) is 0 Å². The van der Waals surface area contributed by atoms with E-state index in [1.807, 2.05) is 39.0 Å². The van der Waals surface area contributed by atoms with Crippen LogP contribution in [0.25, 0.3) is 12.2 Å². The highest BCUT2D eigenvalue weighted by Crippen LogP contribution is 2.44. The molecule has 0 radical (unpaired) electrons. The molecule has 0 amide bonds. The van der Waals surface area contributed by atoms with Crippen molar-refractivity contribution in [3.8, 4) is 0 Å².